The Balaban J connectivity index is 2.00. The van der Waals surface area contributed by atoms with E-state index >= 15 is 0 Å². The Labute approximate surface area is 109 Å². The zero-order chi connectivity index (χ0) is 12.5. The van der Waals surface area contributed by atoms with Crippen molar-refractivity contribution in [2.75, 3.05) is 24.6 Å². The van der Waals surface area contributed by atoms with Crippen molar-refractivity contribution in [2.24, 2.45) is 0 Å². The first-order chi connectivity index (χ1) is 7.96. The molecule has 0 radical (unpaired) electrons. The van der Waals surface area contributed by atoms with Crippen LogP contribution in [0.2, 0.25) is 0 Å². The molecular formula is C11H13BrFNO2S. The van der Waals surface area contributed by atoms with Crippen molar-refractivity contribution in [3.8, 4) is 0 Å². The summed E-state index contributed by atoms with van der Waals surface area (Å²) in [6, 6.07) is 4.99. The number of hydrogen-bond donors (Lipinski definition) is 0. The minimum atomic E-state index is -2.85. The summed E-state index contributed by atoms with van der Waals surface area (Å²) in [4.78, 5) is 2.03. The van der Waals surface area contributed by atoms with Crippen molar-refractivity contribution in [3.05, 3.63) is 34.1 Å². The van der Waals surface area contributed by atoms with Crippen molar-refractivity contribution in [1.82, 2.24) is 4.90 Å². The van der Waals surface area contributed by atoms with Crippen LogP contribution in [0.25, 0.3) is 0 Å². The number of sulfone groups is 1. The number of benzene rings is 1. The SMILES string of the molecule is O=S1(=O)CCN(Cc2ccc(Br)c(F)c2)CC1. The van der Waals surface area contributed by atoms with Crippen LogP contribution in [0, 0.1) is 5.82 Å². The average molecular weight is 322 g/mol. The molecule has 1 aromatic rings. The molecule has 0 bridgehead atoms. The standard InChI is InChI=1S/C11H13BrFNO2S/c12-10-2-1-9(7-11(10)13)8-14-3-5-17(15,16)6-4-14/h1-2,7H,3-6,8H2. The second-order valence-corrected chi connectivity index (χ2v) is 7.33. The van der Waals surface area contributed by atoms with Crippen molar-refractivity contribution in [1.29, 1.82) is 0 Å². The molecule has 1 aliphatic rings. The summed E-state index contributed by atoms with van der Waals surface area (Å²) in [5.41, 5.74) is 0.866. The molecule has 1 aromatic carbocycles. The molecule has 1 aliphatic heterocycles. The largest absolute Gasteiger partial charge is 0.297 e. The highest BCUT2D eigenvalue weighted by Crippen LogP contribution is 2.18. The van der Waals surface area contributed by atoms with Gasteiger partial charge in [0.05, 0.1) is 16.0 Å². The quantitative estimate of drug-likeness (QED) is 0.833. The number of nitrogens with zero attached hydrogens (tertiary/aromatic N) is 1. The molecule has 17 heavy (non-hydrogen) atoms. The third-order valence-electron chi connectivity index (χ3n) is 2.83. The van der Waals surface area contributed by atoms with Crippen molar-refractivity contribution in [3.63, 3.8) is 0 Å². The Kier molecular flexibility index (Phi) is 3.85. The fraction of sp³-hybridized carbons (Fsp3) is 0.455. The first kappa shape index (κ1) is 13.0. The van der Waals surface area contributed by atoms with Gasteiger partial charge < -0.3 is 0 Å². The van der Waals surface area contributed by atoms with E-state index in [0.29, 0.717) is 24.1 Å². The average Bonchev–Trinajstić information content (AvgIpc) is 2.27. The smallest absolute Gasteiger partial charge is 0.152 e. The van der Waals surface area contributed by atoms with Crippen molar-refractivity contribution in [2.45, 2.75) is 6.54 Å². The van der Waals surface area contributed by atoms with Gasteiger partial charge in [0.25, 0.3) is 0 Å². The Bertz CT molecular complexity index is 504. The summed E-state index contributed by atoms with van der Waals surface area (Å²) < 4.78 is 36.3. The zero-order valence-corrected chi connectivity index (χ0v) is 11.6. The van der Waals surface area contributed by atoms with Crippen LogP contribution in [-0.4, -0.2) is 37.9 Å². The van der Waals surface area contributed by atoms with E-state index in [-0.39, 0.29) is 17.3 Å². The van der Waals surface area contributed by atoms with E-state index in [0.717, 1.165) is 5.56 Å². The predicted molar refractivity (Wildman–Crippen MR) is 68.0 cm³/mol. The van der Waals surface area contributed by atoms with Crippen molar-refractivity contribution < 1.29 is 12.8 Å². The predicted octanol–water partition coefficient (Wildman–Crippen LogP) is 1.82. The van der Waals surface area contributed by atoms with Gasteiger partial charge in [-0.15, -0.1) is 0 Å². The topological polar surface area (TPSA) is 37.4 Å². The summed E-state index contributed by atoms with van der Waals surface area (Å²) in [6.45, 7) is 1.65. The molecule has 0 unspecified atom stereocenters. The van der Waals surface area contributed by atoms with E-state index in [2.05, 4.69) is 15.9 Å². The highest BCUT2D eigenvalue weighted by Gasteiger charge is 2.21. The Morgan fingerprint density at radius 1 is 1.29 bits per heavy atom. The van der Waals surface area contributed by atoms with Crippen LogP contribution in [0.1, 0.15) is 5.56 Å². The first-order valence-corrected chi connectivity index (χ1v) is 7.94. The van der Waals surface area contributed by atoms with E-state index in [9.17, 15) is 12.8 Å². The van der Waals surface area contributed by atoms with Crippen LogP contribution in [0.15, 0.2) is 22.7 Å². The van der Waals surface area contributed by atoms with E-state index in [4.69, 9.17) is 0 Å². The lowest BCUT2D eigenvalue weighted by molar-refractivity contribution is 0.287. The Hall–Kier alpha value is -0.460. The lowest BCUT2D eigenvalue weighted by Crippen LogP contribution is -2.39. The number of hydrogen-bond acceptors (Lipinski definition) is 3. The second-order valence-electron chi connectivity index (χ2n) is 4.18. The molecule has 94 valence electrons. The van der Waals surface area contributed by atoms with Crippen LogP contribution < -0.4 is 0 Å². The fourth-order valence-electron chi connectivity index (χ4n) is 1.80. The van der Waals surface area contributed by atoms with Gasteiger partial charge in [-0.2, -0.15) is 0 Å². The van der Waals surface area contributed by atoms with E-state index < -0.39 is 9.84 Å². The maximum atomic E-state index is 13.3. The Morgan fingerprint density at radius 2 is 1.94 bits per heavy atom. The maximum absolute atomic E-state index is 13.3. The molecular weight excluding hydrogens is 309 g/mol. The number of rotatable bonds is 2. The highest BCUT2D eigenvalue weighted by molar-refractivity contribution is 9.10. The second kappa shape index (κ2) is 5.04. The van der Waals surface area contributed by atoms with Crippen LogP contribution in [0.5, 0.6) is 0 Å². The lowest BCUT2D eigenvalue weighted by Gasteiger charge is -2.26. The van der Waals surface area contributed by atoms with Gasteiger partial charge in [0.2, 0.25) is 0 Å². The van der Waals surface area contributed by atoms with Gasteiger partial charge in [0.1, 0.15) is 5.82 Å². The molecule has 0 amide bonds. The maximum Gasteiger partial charge on any atom is 0.152 e. The van der Waals surface area contributed by atoms with E-state index in [1.165, 1.54) is 6.07 Å². The molecule has 6 heteroatoms. The molecule has 0 aliphatic carbocycles. The fourth-order valence-corrected chi connectivity index (χ4v) is 3.33. The van der Waals surface area contributed by atoms with Crippen LogP contribution in [0.4, 0.5) is 4.39 Å². The minimum absolute atomic E-state index is 0.200. The molecule has 1 heterocycles. The van der Waals surface area contributed by atoms with Gasteiger partial charge in [0.15, 0.2) is 9.84 Å². The van der Waals surface area contributed by atoms with E-state index in [1.54, 1.807) is 6.07 Å². The van der Waals surface area contributed by atoms with Crippen LogP contribution >= 0.6 is 15.9 Å². The summed E-state index contributed by atoms with van der Waals surface area (Å²) in [5.74, 6) is 0.116. The molecule has 1 saturated heterocycles. The van der Waals surface area contributed by atoms with Gasteiger partial charge in [-0.05, 0) is 33.6 Å². The molecule has 0 spiro atoms. The third-order valence-corrected chi connectivity index (χ3v) is 5.08. The number of halogens is 2. The third kappa shape index (κ3) is 3.50. The molecule has 2 rings (SSSR count). The van der Waals surface area contributed by atoms with Crippen molar-refractivity contribution >= 4 is 25.8 Å². The molecule has 0 aromatic heterocycles. The molecule has 0 N–H and O–H groups in total. The van der Waals surface area contributed by atoms with Crippen LogP contribution in [-0.2, 0) is 16.4 Å². The molecule has 0 atom stereocenters. The van der Waals surface area contributed by atoms with Gasteiger partial charge in [0, 0.05) is 19.6 Å². The Morgan fingerprint density at radius 3 is 2.53 bits per heavy atom. The van der Waals surface area contributed by atoms with Gasteiger partial charge in [-0.25, -0.2) is 12.8 Å². The summed E-state index contributed by atoms with van der Waals surface area (Å²) in [7, 11) is -2.85. The van der Waals surface area contributed by atoms with Crippen LogP contribution in [0.3, 0.4) is 0 Å². The van der Waals surface area contributed by atoms with Gasteiger partial charge >= 0.3 is 0 Å². The summed E-state index contributed by atoms with van der Waals surface area (Å²) >= 11 is 3.10. The molecule has 3 nitrogen and oxygen atoms in total. The normalized spacial score (nSPS) is 20.4. The monoisotopic (exact) mass is 321 g/mol. The highest BCUT2D eigenvalue weighted by atomic mass is 79.9. The molecule has 0 saturated carbocycles. The van der Waals surface area contributed by atoms with Gasteiger partial charge in [-0.1, -0.05) is 6.07 Å². The summed E-state index contributed by atoms with van der Waals surface area (Å²) in [6.07, 6.45) is 0. The zero-order valence-electron chi connectivity index (χ0n) is 9.20. The first-order valence-electron chi connectivity index (χ1n) is 5.33. The lowest BCUT2D eigenvalue weighted by atomic mass is 10.2. The van der Waals surface area contributed by atoms with E-state index in [1.807, 2.05) is 11.0 Å². The summed E-state index contributed by atoms with van der Waals surface area (Å²) in [5, 5.41) is 0. The molecule has 1 fully saturated rings. The van der Waals surface area contributed by atoms with Gasteiger partial charge in [-0.3, -0.25) is 4.90 Å². The minimum Gasteiger partial charge on any atom is -0.297 e.